The summed E-state index contributed by atoms with van der Waals surface area (Å²) in [5, 5.41) is 3.51. The highest BCUT2D eigenvalue weighted by atomic mass is 16.5. The van der Waals surface area contributed by atoms with E-state index in [-0.39, 0.29) is 11.7 Å². The Balaban J connectivity index is 1.61. The van der Waals surface area contributed by atoms with Gasteiger partial charge in [0.05, 0.1) is 14.2 Å². The average molecular weight is 367 g/mol. The second-order valence-corrected chi connectivity index (χ2v) is 7.16. The van der Waals surface area contributed by atoms with Gasteiger partial charge >= 0.3 is 0 Å². The van der Waals surface area contributed by atoms with E-state index in [4.69, 9.17) is 9.47 Å². The van der Waals surface area contributed by atoms with Gasteiger partial charge in [-0.15, -0.1) is 0 Å². The number of nitrogens with one attached hydrogen (secondary N) is 1. The van der Waals surface area contributed by atoms with E-state index in [0.29, 0.717) is 17.4 Å². The van der Waals surface area contributed by atoms with Crippen molar-refractivity contribution in [3.8, 4) is 11.5 Å². The maximum Gasteiger partial charge on any atom is 0.166 e. The Morgan fingerprint density at radius 1 is 1.11 bits per heavy atom. The maximum absolute atomic E-state index is 13.0. The van der Waals surface area contributed by atoms with Gasteiger partial charge in [0.15, 0.2) is 17.3 Å². The fraction of sp³-hybridized carbons (Fsp3) is 0.435. The van der Waals surface area contributed by atoms with E-state index in [1.807, 2.05) is 18.2 Å². The number of ether oxygens (including phenoxy) is 2. The van der Waals surface area contributed by atoms with E-state index in [2.05, 4.69) is 36.5 Å². The number of fused-ring (bicyclic) bond motifs is 1. The van der Waals surface area contributed by atoms with Crippen molar-refractivity contribution in [3.63, 3.8) is 0 Å². The zero-order valence-electron chi connectivity index (χ0n) is 16.5. The summed E-state index contributed by atoms with van der Waals surface area (Å²) in [6.45, 7) is 3.96. The quantitative estimate of drug-likeness (QED) is 0.673. The van der Waals surface area contributed by atoms with Gasteiger partial charge < -0.3 is 14.8 Å². The topological polar surface area (TPSA) is 47.6 Å². The summed E-state index contributed by atoms with van der Waals surface area (Å²) in [5.74, 6) is 2.01. The summed E-state index contributed by atoms with van der Waals surface area (Å²) in [6.07, 6.45) is 2.80. The molecule has 4 heteroatoms. The Morgan fingerprint density at radius 2 is 1.81 bits per heavy atom. The molecule has 3 rings (SSSR count). The average Bonchev–Trinajstić information content (AvgIpc) is 3.03. The molecule has 0 saturated carbocycles. The first kappa shape index (κ1) is 19.4. The number of hydrogen-bond acceptors (Lipinski definition) is 4. The summed E-state index contributed by atoms with van der Waals surface area (Å²) < 4.78 is 10.8. The second-order valence-electron chi connectivity index (χ2n) is 7.16. The molecule has 0 bridgehead atoms. The van der Waals surface area contributed by atoms with Gasteiger partial charge in [0.1, 0.15) is 0 Å². The van der Waals surface area contributed by atoms with Gasteiger partial charge in [-0.25, -0.2) is 0 Å². The molecule has 0 saturated heterocycles. The Bertz CT molecular complexity index is 773. The van der Waals surface area contributed by atoms with Crippen molar-refractivity contribution in [2.45, 2.75) is 32.7 Å². The van der Waals surface area contributed by atoms with Crippen molar-refractivity contribution in [2.24, 2.45) is 11.8 Å². The molecule has 0 heterocycles. The zero-order chi connectivity index (χ0) is 19.2. The van der Waals surface area contributed by atoms with E-state index >= 15 is 0 Å². The predicted molar refractivity (Wildman–Crippen MR) is 108 cm³/mol. The monoisotopic (exact) mass is 367 g/mol. The number of rotatable bonds is 9. The molecule has 0 spiro atoms. The van der Waals surface area contributed by atoms with Crippen molar-refractivity contribution in [2.75, 3.05) is 20.8 Å². The van der Waals surface area contributed by atoms with Crippen LogP contribution in [-0.4, -0.2) is 26.5 Å². The number of benzene rings is 2. The van der Waals surface area contributed by atoms with Gasteiger partial charge in [0.2, 0.25) is 0 Å². The summed E-state index contributed by atoms with van der Waals surface area (Å²) in [6, 6.07) is 14.2. The lowest BCUT2D eigenvalue weighted by Gasteiger charge is -2.21. The van der Waals surface area contributed by atoms with Crippen LogP contribution in [-0.2, 0) is 13.0 Å². The minimum absolute atomic E-state index is 0.0559. The minimum atomic E-state index is 0.0559. The Labute approximate surface area is 161 Å². The smallest absolute Gasteiger partial charge is 0.166 e. The molecule has 0 fully saturated rings. The van der Waals surface area contributed by atoms with Crippen LogP contribution in [0, 0.1) is 11.8 Å². The summed E-state index contributed by atoms with van der Waals surface area (Å²) in [7, 11) is 3.24. The number of Topliss-reactive ketones (excluding diaryl/α,β-unsaturated/α-hetero) is 1. The number of ketones is 1. The molecular formula is C23H29NO3. The molecule has 0 aliphatic heterocycles. The maximum atomic E-state index is 13.0. The van der Waals surface area contributed by atoms with Crippen LogP contribution in [0.15, 0.2) is 42.5 Å². The van der Waals surface area contributed by atoms with Crippen LogP contribution in [0.25, 0.3) is 0 Å². The van der Waals surface area contributed by atoms with Gasteiger partial charge in [-0.2, -0.15) is 0 Å². The van der Waals surface area contributed by atoms with Crippen molar-refractivity contribution < 1.29 is 14.3 Å². The third-order valence-electron chi connectivity index (χ3n) is 5.61. The first-order valence-electron chi connectivity index (χ1n) is 9.71. The highest BCUT2D eigenvalue weighted by Crippen LogP contribution is 2.40. The molecule has 2 aromatic carbocycles. The van der Waals surface area contributed by atoms with Crippen LogP contribution in [0.5, 0.6) is 11.5 Å². The lowest BCUT2D eigenvalue weighted by atomic mass is 9.84. The Morgan fingerprint density at radius 3 is 2.48 bits per heavy atom. The Kier molecular flexibility index (Phi) is 6.51. The molecule has 144 valence electrons. The molecule has 2 aromatic rings. The third-order valence-corrected chi connectivity index (χ3v) is 5.61. The fourth-order valence-corrected chi connectivity index (χ4v) is 4.04. The molecule has 0 aromatic heterocycles. The zero-order valence-corrected chi connectivity index (χ0v) is 16.5. The number of methoxy groups -OCH3 is 2. The van der Waals surface area contributed by atoms with Gasteiger partial charge in [-0.05, 0) is 48.6 Å². The Hall–Kier alpha value is -2.33. The predicted octanol–water partition coefficient (Wildman–Crippen LogP) is 4.26. The standard InChI is InChI=1S/C23H29NO3/c1-4-17(10-11-24-15-16-8-6-5-7-9-16)19-12-18-13-21(26-2)22(27-3)14-20(18)23(19)25/h5-9,13-14,17,19,24H,4,10-12,15H2,1-3H3. The van der Waals surface area contributed by atoms with Crippen LogP contribution in [0.3, 0.4) is 0 Å². The molecule has 1 aliphatic carbocycles. The second kappa shape index (κ2) is 9.05. The molecule has 2 unspecified atom stereocenters. The van der Waals surface area contributed by atoms with Crippen LogP contribution < -0.4 is 14.8 Å². The summed E-state index contributed by atoms with van der Waals surface area (Å²) in [5.41, 5.74) is 3.17. The van der Waals surface area contributed by atoms with Crippen molar-refractivity contribution in [1.82, 2.24) is 5.32 Å². The van der Waals surface area contributed by atoms with Crippen molar-refractivity contribution in [1.29, 1.82) is 0 Å². The van der Waals surface area contributed by atoms with Crippen LogP contribution >= 0.6 is 0 Å². The van der Waals surface area contributed by atoms with Gasteiger partial charge in [-0.3, -0.25) is 4.79 Å². The molecule has 4 nitrogen and oxygen atoms in total. The van der Waals surface area contributed by atoms with E-state index in [9.17, 15) is 4.79 Å². The van der Waals surface area contributed by atoms with Crippen LogP contribution in [0.1, 0.15) is 41.3 Å². The largest absolute Gasteiger partial charge is 0.493 e. The molecule has 1 N–H and O–H groups in total. The summed E-state index contributed by atoms with van der Waals surface area (Å²) in [4.78, 5) is 13.0. The first-order valence-corrected chi connectivity index (χ1v) is 9.71. The van der Waals surface area contributed by atoms with Gasteiger partial charge in [-0.1, -0.05) is 43.7 Å². The molecule has 27 heavy (non-hydrogen) atoms. The van der Waals surface area contributed by atoms with E-state index in [0.717, 1.165) is 43.5 Å². The lowest BCUT2D eigenvalue weighted by molar-refractivity contribution is 0.0884. The lowest BCUT2D eigenvalue weighted by Crippen LogP contribution is -2.25. The van der Waals surface area contributed by atoms with Crippen molar-refractivity contribution >= 4 is 5.78 Å². The van der Waals surface area contributed by atoms with E-state index in [1.165, 1.54) is 5.56 Å². The first-order chi connectivity index (χ1) is 13.2. The molecular weight excluding hydrogens is 338 g/mol. The molecule has 0 amide bonds. The minimum Gasteiger partial charge on any atom is -0.493 e. The van der Waals surface area contributed by atoms with Crippen LogP contribution in [0.2, 0.25) is 0 Å². The highest BCUT2D eigenvalue weighted by Gasteiger charge is 2.36. The molecule has 2 atom stereocenters. The third kappa shape index (κ3) is 4.33. The van der Waals surface area contributed by atoms with Crippen molar-refractivity contribution in [3.05, 3.63) is 59.2 Å². The van der Waals surface area contributed by atoms with Crippen LogP contribution in [0.4, 0.5) is 0 Å². The number of carbonyl (C=O) groups is 1. The number of carbonyl (C=O) groups excluding carboxylic acids is 1. The highest BCUT2D eigenvalue weighted by molar-refractivity contribution is 6.03. The normalized spacial score (nSPS) is 16.9. The van der Waals surface area contributed by atoms with Gasteiger partial charge in [0, 0.05) is 18.0 Å². The summed E-state index contributed by atoms with van der Waals surface area (Å²) >= 11 is 0. The molecule has 1 aliphatic rings. The SMILES string of the molecule is CCC(CCNCc1ccccc1)C1Cc2cc(OC)c(OC)cc2C1=O. The fourth-order valence-electron chi connectivity index (χ4n) is 4.04. The molecule has 0 radical (unpaired) electrons. The number of hydrogen-bond donors (Lipinski definition) is 1. The van der Waals surface area contributed by atoms with E-state index in [1.54, 1.807) is 14.2 Å². The van der Waals surface area contributed by atoms with Gasteiger partial charge in [0.25, 0.3) is 0 Å². The van der Waals surface area contributed by atoms with E-state index < -0.39 is 0 Å².